The summed E-state index contributed by atoms with van der Waals surface area (Å²) in [4.78, 5) is 12.5. The predicted molar refractivity (Wildman–Crippen MR) is 61.2 cm³/mol. The maximum absolute atomic E-state index is 11.4. The van der Waals surface area contributed by atoms with E-state index in [9.17, 15) is 13.2 Å². The van der Waals surface area contributed by atoms with Crippen molar-refractivity contribution in [1.29, 1.82) is 0 Å². The monoisotopic (exact) mass is 249 g/mol. The third kappa shape index (κ3) is 3.45. The standard InChI is InChI=1S/C10H19NO4S/c1-10(2,3)11(6-9(12)13)8-4-5-16(14,15)7-8/h8H,4-7H2,1-3H3,(H,12,13). The van der Waals surface area contributed by atoms with E-state index in [4.69, 9.17) is 5.11 Å². The first-order valence-corrected chi connectivity index (χ1v) is 7.13. The molecule has 16 heavy (non-hydrogen) atoms. The van der Waals surface area contributed by atoms with Crippen molar-refractivity contribution in [3.05, 3.63) is 0 Å². The Morgan fingerprint density at radius 1 is 1.44 bits per heavy atom. The predicted octanol–water partition coefficient (Wildman–Crippen LogP) is 0.359. The number of carbonyl (C=O) groups is 1. The molecule has 0 radical (unpaired) electrons. The van der Waals surface area contributed by atoms with Gasteiger partial charge in [-0.15, -0.1) is 0 Å². The van der Waals surface area contributed by atoms with Gasteiger partial charge in [0.2, 0.25) is 0 Å². The topological polar surface area (TPSA) is 74.7 Å². The minimum Gasteiger partial charge on any atom is -0.480 e. The van der Waals surface area contributed by atoms with E-state index in [1.807, 2.05) is 20.8 Å². The van der Waals surface area contributed by atoms with Crippen LogP contribution in [-0.4, -0.2) is 54.0 Å². The third-order valence-electron chi connectivity index (χ3n) is 2.82. The van der Waals surface area contributed by atoms with Gasteiger partial charge in [0.25, 0.3) is 0 Å². The number of nitrogens with zero attached hydrogens (tertiary/aromatic N) is 1. The second kappa shape index (κ2) is 4.33. The molecule has 1 rings (SSSR count). The Labute approximate surface area is 96.4 Å². The van der Waals surface area contributed by atoms with Gasteiger partial charge in [-0.2, -0.15) is 0 Å². The second-order valence-corrected chi connectivity index (χ2v) is 7.48. The lowest BCUT2D eigenvalue weighted by Gasteiger charge is -2.38. The second-order valence-electron chi connectivity index (χ2n) is 5.25. The first kappa shape index (κ1) is 13.4. The number of rotatable bonds is 3. The van der Waals surface area contributed by atoms with Gasteiger partial charge >= 0.3 is 5.97 Å². The van der Waals surface area contributed by atoms with Gasteiger partial charge in [-0.3, -0.25) is 9.69 Å². The lowest BCUT2D eigenvalue weighted by atomic mass is 10.0. The fourth-order valence-electron chi connectivity index (χ4n) is 2.08. The molecular formula is C10H19NO4S. The molecule has 94 valence electrons. The summed E-state index contributed by atoms with van der Waals surface area (Å²) in [5, 5.41) is 8.85. The van der Waals surface area contributed by atoms with E-state index in [1.54, 1.807) is 4.90 Å². The van der Waals surface area contributed by atoms with Gasteiger partial charge < -0.3 is 5.11 Å². The molecule has 1 aliphatic rings. The summed E-state index contributed by atoms with van der Waals surface area (Å²) >= 11 is 0. The summed E-state index contributed by atoms with van der Waals surface area (Å²) in [5.41, 5.74) is -0.330. The molecule has 1 N–H and O–H groups in total. The molecule has 0 aromatic carbocycles. The molecule has 5 nitrogen and oxygen atoms in total. The average molecular weight is 249 g/mol. The summed E-state index contributed by atoms with van der Waals surface area (Å²) in [7, 11) is -2.97. The number of hydrogen-bond acceptors (Lipinski definition) is 4. The van der Waals surface area contributed by atoms with Crippen LogP contribution in [-0.2, 0) is 14.6 Å². The van der Waals surface area contributed by atoms with Gasteiger partial charge in [0.15, 0.2) is 9.84 Å². The zero-order chi connectivity index (χ0) is 12.6. The highest BCUT2D eigenvalue weighted by atomic mass is 32.2. The third-order valence-corrected chi connectivity index (χ3v) is 4.57. The number of aliphatic carboxylic acids is 1. The molecule has 1 aliphatic heterocycles. The average Bonchev–Trinajstić information content (AvgIpc) is 2.39. The first-order chi connectivity index (χ1) is 7.12. The van der Waals surface area contributed by atoms with Gasteiger partial charge in [-0.1, -0.05) is 0 Å². The van der Waals surface area contributed by atoms with Crippen molar-refractivity contribution in [2.24, 2.45) is 0 Å². The van der Waals surface area contributed by atoms with Gasteiger partial charge in [-0.25, -0.2) is 8.42 Å². The summed E-state index contributed by atoms with van der Waals surface area (Å²) < 4.78 is 22.8. The van der Waals surface area contributed by atoms with E-state index < -0.39 is 15.8 Å². The molecule has 0 spiro atoms. The van der Waals surface area contributed by atoms with Crippen LogP contribution in [0.4, 0.5) is 0 Å². The van der Waals surface area contributed by atoms with Crippen molar-refractivity contribution < 1.29 is 18.3 Å². The maximum Gasteiger partial charge on any atom is 0.317 e. The van der Waals surface area contributed by atoms with Gasteiger partial charge in [0.05, 0.1) is 18.1 Å². The molecule has 0 bridgehead atoms. The molecule has 6 heteroatoms. The lowest BCUT2D eigenvalue weighted by molar-refractivity contribution is -0.140. The highest BCUT2D eigenvalue weighted by Crippen LogP contribution is 2.24. The number of sulfone groups is 1. The minimum atomic E-state index is -2.97. The van der Waals surface area contributed by atoms with Crippen molar-refractivity contribution >= 4 is 15.8 Å². The lowest BCUT2D eigenvalue weighted by Crippen LogP contribution is -2.51. The van der Waals surface area contributed by atoms with Crippen molar-refractivity contribution in [3.63, 3.8) is 0 Å². The largest absolute Gasteiger partial charge is 0.480 e. The van der Waals surface area contributed by atoms with Crippen molar-refractivity contribution in [1.82, 2.24) is 4.90 Å². The Kier molecular flexibility index (Phi) is 3.64. The van der Waals surface area contributed by atoms with E-state index in [-0.39, 0.29) is 29.6 Å². The molecule has 1 heterocycles. The quantitative estimate of drug-likeness (QED) is 0.781. The highest BCUT2D eigenvalue weighted by Gasteiger charge is 2.37. The van der Waals surface area contributed by atoms with Crippen LogP contribution in [0.2, 0.25) is 0 Å². The molecule has 1 atom stereocenters. The summed E-state index contributed by atoms with van der Waals surface area (Å²) in [6, 6.07) is -0.166. The molecule has 1 unspecified atom stereocenters. The first-order valence-electron chi connectivity index (χ1n) is 5.31. The summed E-state index contributed by atoms with van der Waals surface area (Å²) in [6.07, 6.45) is 0.535. The van der Waals surface area contributed by atoms with Crippen molar-refractivity contribution in [2.75, 3.05) is 18.1 Å². The zero-order valence-electron chi connectivity index (χ0n) is 9.93. The SMILES string of the molecule is CC(C)(C)N(CC(=O)O)C1CCS(=O)(=O)C1. The van der Waals surface area contributed by atoms with Gasteiger partial charge in [0.1, 0.15) is 0 Å². The Bertz CT molecular complexity index is 369. The van der Waals surface area contributed by atoms with Crippen molar-refractivity contribution in [3.8, 4) is 0 Å². The Morgan fingerprint density at radius 3 is 2.31 bits per heavy atom. The van der Waals surface area contributed by atoms with E-state index >= 15 is 0 Å². The Balaban J connectivity index is 2.83. The summed E-state index contributed by atoms with van der Waals surface area (Å²) in [6.45, 7) is 5.60. The molecule has 1 saturated heterocycles. The molecule has 1 fully saturated rings. The van der Waals surface area contributed by atoms with Crippen LogP contribution in [0.5, 0.6) is 0 Å². The fraction of sp³-hybridized carbons (Fsp3) is 0.900. The molecule has 0 aromatic heterocycles. The maximum atomic E-state index is 11.4. The number of carboxylic acids is 1. The molecule has 0 aliphatic carbocycles. The Hall–Kier alpha value is -0.620. The van der Waals surface area contributed by atoms with Gasteiger partial charge in [-0.05, 0) is 27.2 Å². The fourth-order valence-corrected chi connectivity index (χ4v) is 3.81. The number of hydrogen-bond donors (Lipinski definition) is 1. The van der Waals surface area contributed by atoms with Crippen LogP contribution < -0.4 is 0 Å². The van der Waals surface area contributed by atoms with E-state index in [0.717, 1.165) is 0 Å². The molecule has 0 amide bonds. The van der Waals surface area contributed by atoms with E-state index in [2.05, 4.69) is 0 Å². The van der Waals surface area contributed by atoms with Crippen LogP contribution in [0.1, 0.15) is 27.2 Å². The highest BCUT2D eigenvalue weighted by molar-refractivity contribution is 7.91. The van der Waals surface area contributed by atoms with Crippen molar-refractivity contribution in [2.45, 2.75) is 38.8 Å². The van der Waals surface area contributed by atoms with Crippen LogP contribution in [0, 0.1) is 0 Å². The van der Waals surface area contributed by atoms with E-state index in [0.29, 0.717) is 6.42 Å². The molecular weight excluding hydrogens is 230 g/mol. The smallest absolute Gasteiger partial charge is 0.317 e. The van der Waals surface area contributed by atoms with Crippen LogP contribution in [0.25, 0.3) is 0 Å². The zero-order valence-corrected chi connectivity index (χ0v) is 10.7. The molecule has 0 aromatic rings. The van der Waals surface area contributed by atoms with Crippen LogP contribution in [0.3, 0.4) is 0 Å². The van der Waals surface area contributed by atoms with Crippen LogP contribution in [0.15, 0.2) is 0 Å². The Morgan fingerprint density at radius 2 is 2.00 bits per heavy atom. The van der Waals surface area contributed by atoms with E-state index in [1.165, 1.54) is 0 Å². The normalized spacial score (nSPS) is 24.9. The number of carboxylic acid groups (broad SMARTS) is 1. The van der Waals surface area contributed by atoms with Crippen LogP contribution >= 0.6 is 0 Å². The van der Waals surface area contributed by atoms with Gasteiger partial charge in [0, 0.05) is 11.6 Å². The summed E-state index contributed by atoms with van der Waals surface area (Å²) in [5.74, 6) is -0.666. The minimum absolute atomic E-state index is 0.0809. The molecule has 0 saturated carbocycles.